The molecule has 2 aromatic rings. The average molecular weight is 208 g/mol. The highest BCUT2D eigenvalue weighted by atomic mass is 14.7. The van der Waals surface area contributed by atoms with Crippen LogP contribution in [0, 0.1) is 25.2 Å². The van der Waals surface area contributed by atoms with Gasteiger partial charge in [-0.1, -0.05) is 30.3 Å². The lowest BCUT2D eigenvalue weighted by Gasteiger charge is -2.09. The van der Waals surface area contributed by atoms with Crippen molar-refractivity contribution in [2.75, 3.05) is 0 Å². The molecule has 1 aromatic carbocycles. The normalized spacial score (nSPS) is 9.81. The van der Waals surface area contributed by atoms with E-state index in [1.165, 1.54) is 0 Å². The van der Waals surface area contributed by atoms with Crippen LogP contribution in [-0.4, -0.2) is 4.98 Å². The first-order chi connectivity index (χ1) is 7.74. The van der Waals surface area contributed by atoms with Gasteiger partial charge in [0, 0.05) is 11.8 Å². The third-order valence-electron chi connectivity index (χ3n) is 2.63. The summed E-state index contributed by atoms with van der Waals surface area (Å²) in [6, 6.07) is 12.2. The number of pyridine rings is 1. The van der Waals surface area contributed by atoms with Crippen molar-refractivity contribution in [1.29, 1.82) is 5.26 Å². The lowest BCUT2D eigenvalue weighted by atomic mass is 9.96. The Morgan fingerprint density at radius 1 is 1.12 bits per heavy atom. The number of nitrogens with zero attached hydrogens (tertiary/aromatic N) is 2. The Kier molecular flexibility index (Phi) is 2.70. The van der Waals surface area contributed by atoms with Crippen LogP contribution in [0.25, 0.3) is 11.1 Å². The van der Waals surface area contributed by atoms with Crippen molar-refractivity contribution >= 4 is 0 Å². The molecule has 1 aromatic heterocycles. The second kappa shape index (κ2) is 4.16. The van der Waals surface area contributed by atoms with Crippen LogP contribution in [0.2, 0.25) is 0 Å². The van der Waals surface area contributed by atoms with Crippen LogP contribution in [0.3, 0.4) is 0 Å². The Bertz CT molecular complexity index is 551. The second-order valence-electron chi connectivity index (χ2n) is 3.75. The van der Waals surface area contributed by atoms with Crippen molar-refractivity contribution in [3.05, 3.63) is 53.3 Å². The molecule has 1 heterocycles. The molecule has 0 atom stereocenters. The first-order valence-electron chi connectivity index (χ1n) is 5.15. The van der Waals surface area contributed by atoms with E-state index in [-0.39, 0.29) is 0 Å². The van der Waals surface area contributed by atoms with E-state index in [0.29, 0.717) is 5.56 Å². The van der Waals surface area contributed by atoms with Crippen LogP contribution in [0.4, 0.5) is 0 Å². The molecule has 0 saturated carbocycles. The number of aromatic nitrogens is 1. The molecular formula is C14H12N2. The zero-order valence-electron chi connectivity index (χ0n) is 9.36. The number of nitriles is 1. The number of aryl methyl sites for hydroxylation is 2. The molecule has 0 radical (unpaired) electrons. The molecule has 2 nitrogen and oxygen atoms in total. The van der Waals surface area contributed by atoms with Crippen LogP contribution in [0.15, 0.2) is 36.5 Å². The molecule has 0 unspecified atom stereocenters. The highest BCUT2D eigenvalue weighted by Crippen LogP contribution is 2.27. The number of hydrogen-bond acceptors (Lipinski definition) is 2. The van der Waals surface area contributed by atoms with Crippen molar-refractivity contribution in [3.63, 3.8) is 0 Å². The Morgan fingerprint density at radius 3 is 2.44 bits per heavy atom. The fraction of sp³-hybridized carbons (Fsp3) is 0.143. The first-order valence-corrected chi connectivity index (χ1v) is 5.15. The summed E-state index contributed by atoms with van der Waals surface area (Å²) in [5.74, 6) is 0. The van der Waals surface area contributed by atoms with Gasteiger partial charge in [0.15, 0.2) is 0 Å². The van der Waals surface area contributed by atoms with Crippen LogP contribution in [0.5, 0.6) is 0 Å². The van der Waals surface area contributed by atoms with Crippen molar-refractivity contribution in [3.8, 4) is 17.2 Å². The van der Waals surface area contributed by atoms with Gasteiger partial charge in [0.2, 0.25) is 0 Å². The summed E-state index contributed by atoms with van der Waals surface area (Å²) in [4.78, 5) is 4.21. The fourth-order valence-corrected chi connectivity index (χ4v) is 1.81. The van der Waals surface area contributed by atoms with Gasteiger partial charge in [-0.2, -0.15) is 5.26 Å². The monoisotopic (exact) mass is 208 g/mol. The van der Waals surface area contributed by atoms with Crippen LogP contribution in [-0.2, 0) is 0 Å². The van der Waals surface area contributed by atoms with E-state index in [2.05, 4.69) is 11.1 Å². The highest BCUT2D eigenvalue weighted by molar-refractivity contribution is 5.74. The molecule has 0 spiro atoms. The summed E-state index contributed by atoms with van der Waals surface area (Å²) < 4.78 is 0. The van der Waals surface area contributed by atoms with Gasteiger partial charge in [-0.05, 0) is 25.0 Å². The molecule has 2 rings (SSSR count). The molecule has 0 N–H and O–H groups in total. The minimum atomic E-state index is 0.672. The lowest BCUT2D eigenvalue weighted by molar-refractivity contribution is 1.15. The van der Waals surface area contributed by atoms with E-state index < -0.39 is 0 Å². The Balaban J connectivity index is 2.75. The van der Waals surface area contributed by atoms with Gasteiger partial charge in [-0.15, -0.1) is 0 Å². The van der Waals surface area contributed by atoms with E-state index in [4.69, 9.17) is 0 Å². The smallest absolute Gasteiger partial charge is 0.102 e. The summed E-state index contributed by atoms with van der Waals surface area (Å²) in [6.45, 7) is 3.85. The molecule has 0 aliphatic rings. The third kappa shape index (κ3) is 1.68. The van der Waals surface area contributed by atoms with Gasteiger partial charge in [-0.25, -0.2) is 0 Å². The molecule has 0 aliphatic heterocycles. The van der Waals surface area contributed by atoms with Crippen molar-refractivity contribution in [2.24, 2.45) is 0 Å². The maximum Gasteiger partial charge on any atom is 0.102 e. The zero-order valence-corrected chi connectivity index (χ0v) is 9.36. The van der Waals surface area contributed by atoms with E-state index in [9.17, 15) is 5.26 Å². The Labute approximate surface area is 95.2 Å². The fourth-order valence-electron chi connectivity index (χ4n) is 1.81. The standard InChI is InChI=1S/C14H12N2/c1-10-9-16-11(2)13(8-15)14(10)12-6-4-3-5-7-12/h3-7,9H,1-2H3. The molecule has 16 heavy (non-hydrogen) atoms. The predicted molar refractivity (Wildman–Crippen MR) is 63.9 cm³/mol. The number of benzene rings is 1. The van der Waals surface area contributed by atoms with E-state index in [0.717, 1.165) is 22.4 Å². The Hall–Kier alpha value is -2.14. The molecule has 0 aliphatic carbocycles. The number of rotatable bonds is 1. The molecule has 2 heteroatoms. The molecule has 0 amide bonds. The minimum absolute atomic E-state index is 0.672. The van der Waals surface area contributed by atoms with Crippen LogP contribution >= 0.6 is 0 Å². The first kappa shape index (κ1) is 10.4. The quantitative estimate of drug-likeness (QED) is 0.721. The van der Waals surface area contributed by atoms with Crippen molar-refractivity contribution < 1.29 is 0 Å². The van der Waals surface area contributed by atoms with Gasteiger partial charge < -0.3 is 0 Å². The maximum atomic E-state index is 9.20. The second-order valence-corrected chi connectivity index (χ2v) is 3.75. The van der Waals surface area contributed by atoms with E-state index >= 15 is 0 Å². The third-order valence-corrected chi connectivity index (χ3v) is 2.63. The summed E-state index contributed by atoms with van der Waals surface area (Å²) >= 11 is 0. The van der Waals surface area contributed by atoms with Crippen molar-refractivity contribution in [2.45, 2.75) is 13.8 Å². The van der Waals surface area contributed by atoms with Gasteiger partial charge in [0.25, 0.3) is 0 Å². The summed E-state index contributed by atoms with van der Waals surface area (Å²) in [5.41, 5.74) is 4.56. The molecule has 78 valence electrons. The topological polar surface area (TPSA) is 36.7 Å². The zero-order chi connectivity index (χ0) is 11.5. The number of hydrogen-bond donors (Lipinski definition) is 0. The maximum absolute atomic E-state index is 9.20. The average Bonchev–Trinajstić information content (AvgIpc) is 2.33. The van der Waals surface area contributed by atoms with Gasteiger partial charge in [-0.3, -0.25) is 4.98 Å². The SMILES string of the molecule is Cc1cnc(C)c(C#N)c1-c1ccccc1. The van der Waals surface area contributed by atoms with E-state index in [1.54, 1.807) is 0 Å². The van der Waals surface area contributed by atoms with E-state index in [1.807, 2.05) is 50.4 Å². The largest absolute Gasteiger partial charge is 0.260 e. The highest BCUT2D eigenvalue weighted by Gasteiger charge is 2.11. The van der Waals surface area contributed by atoms with Crippen LogP contribution < -0.4 is 0 Å². The molecule has 0 fully saturated rings. The Morgan fingerprint density at radius 2 is 1.81 bits per heavy atom. The molecule has 0 bridgehead atoms. The molecule has 0 saturated heterocycles. The van der Waals surface area contributed by atoms with Crippen molar-refractivity contribution in [1.82, 2.24) is 4.98 Å². The minimum Gasteiger partial charge on any atom is -0.260 e. The summed E-state index contributed by atoms with van der Waals surface area (Å²) in [6.07, 6.45) is 1.82. The predicted octanol–water partition coefficient (Wildman–Crippen LogP) is 3.24. The van der Waals surface area contributed by atoms with Crippen LogP contribution in [0.1, 0.15) is 16.8 Å². The van der Waals surface area contributed by atoms with Gasteiger partial charge in [0.1, 0.15) is 6.07 Å². The molecular weight excluding hydrogens is 196 g/mol. The lowest BCUT2D eigenvalue weighted by Crippen LogP contribution is -1.95. The van der Waals surface area contributed by atoms with Gasteiger partial charge >= 0.3 is 0 Å². The summed E-state index contributed by atoms with van der Waals surface area (Å²) in [5, 5.41) is 9.20. The summed E-state index contributed by atoms with van der Waals surface area (Å²) in [7, 11) is 0. The van der Waals surface area contributed by atoms with Gasteiger partial charge in [0.05, 0.1) is 11.3 Å².